The summed E-state index contributed by atoms with van der Waals surface area (Å²) >= 11 is 0. The molecular formula is C15H22N2O3. The van der Waals surface area contributed by atoms with E-state index < -0.39 is 4.92 Å². The Hall–Kier alpha value is -1.91. The molecule has 0 aromatic heterocycles. The fraction of sp³-hybridized carbons (Fsp3) is 0.533. The largest absolute Gasteiger partial charge is 0.320 e. The summed E-state index contributed by atoms with van der Waals surface area (Å²) in [5.74, 6) is -0.158. The predicted octanol–water partition coefficient (Wildman–Crippen LogP) is 4.28. The maximum absolute atomic E-state index is 11.7. The summed E-state index contributed by atoms with van der Waals surface area (Å²) in [6, 6.07) is 6.20. The molecule has 0 unspecified atom stereocenters. The molecule has 0 aliphatic carbocycles. The number of amides is 1. The number of unbranched alkanes of at least 4 members (excludes halogenated alkanes) is 5. The monoisotopic (exact) mass is 278 g/mol. The molecule has 0 bridgehead atoms. The van der Waals surface area contributed by atoms with Crippen LogP contribution in [0.25, 0.3) is 0 Å². The first kappa shape index (κ1) is 16.1. The summed E-state index contributed by atoms with van der Waals surface area (Å²) in [6.45, 7) is 2.17. The highest BCUT2D eigenvalue weighted by molar-refractivity contribution is 5.92. The molecule has 1 rings (SSSR count). The molecule has 0 atom stereocenters. The third kappa shape index (κ3) is 5.82. The Kier molecular flexibility index (Phi) is 7.32. The number of nitrogens with zero attached hydrogens (tertiary/aromatic N) is 1. The summed E-state index contributed by atoms with van der Waals surface area (Å²) in [7, 11) is 0. The summed E-state index contributed by atoms with van der Waals surface area (Å²) in [5.41, 5.74) is 0.206. The average molecular weight is 278 g/mol. The van der Waals surface area contributed by atoms with Crippen LogP contribution in [0.2, 0.25) is 0 Å². The minimum Gasteiger partial charge on any atom is -0.320 e. The fourth-order valence-electron chi connectivity index (χ4n) is 2.02. The molecule has 0 fully saturated rings. The van der Waals surface area contributed by atoms with Gasteiger partial charge in [0.15, 0.2) is 0 Å². The summed E-state index contributed by atoms with van der Waals surface area (Å²) in [6.07, 6.45) is 7.08. The molecule has 0 spiro atoms. The van der Waals surface area contributed by atoms with Gasteiger partial charge in [-0.05, 0) is 12.5 Å². The van der Waals surface area contributed by atoms with Gasteiger partial charge in [-0.15, -0.1) is 0 Å². The van der Waals surface area contributed by atoms with Crippen LogP contribution >= 0.6 is 0 Å². The molecule has 1 aromatic carbocycles. The van der Waals surface area contributed by atoms with E-state index in [0.717, 1.165) is 19.3 Å². The quantitative estimate of drug-likeness (QED) is 0.416. The number of benzene rings is 1. The second kappa shape index (κ2) is 9.07. The number of carbonyl (C=O) groups excluding carboxylic acids is 1. The highest BCUT2D eigenvalue weighted by Gasteiger charge is 2.14. The van der Waals surface area contributed by atoms with E-state index in [1.54, 1.807) is 18.2 Å². The van der Waals surface area contributed by atoms with E-state index >= 15 is 0 Å². The second-order valence-electron chi connectivity index (χ2n) is 4.84. The van der Waals surface area contributed by atoms with Crippen LogP contribution in [0.15, 0.2) is 24.3 Å². The van der Waals surface area contributed by atoms with E-state index in [2.05, 4.69) is 12.2 Å². The molecule has 0 heterocycles. The standard InChI is InChI=1S/C15H22N2O3/c1-2-3-4-5-6-7-12-15(18)16-13-10-8-9-11-14(13)17(19)20/h8-11H,2-7,12H2,1H3,(H,16,18). The first-order valence-corrected chi connectivity index (χ1v) is 7.18. The number of hydrogen-bond acceptors (Lipinski definition) is 3. The van der Waals surface area contributed by atoms with Crippen molar-refractivity contribution in [1.82, 2.24) is 0 Å². The van der Waals surface area contributed by atoms with Gasteiger partial charge in [-0.3, -0.25) is 14.9 Å². The molecule has 0 radical (unpaired) electrons. The molecule has 5 heteroatoms. The first-order chi connectivity index (χ1) is 9.65. The van der Waals surface area contributed by atoms with Crippen LogP contribution in [-0.2, 0) is 4.79 Å². The van der Waals surface area contributed by atoms with E-state index in [-0.39, 0.29) is 17.3 Å². The lowest BCUT2D eigenvalue weighted by Gasteiger charge is -2.05. The minimum absolute atomic E-state index is 0.0659. The van der Waals surface area contributed by atoms with Gasteiger partial charge in [0.05, 0.1) is 4.92 Å². The lowest BCUT2D eigenvalue weighted by molar-refractivity contribution is -0.383. The van der Waals surface area contributed by atoms with Gasteiger partial charge in [-0.25, -0.2) is 0 Å². The minimum atomic E-state index is -0.486. The van der Waals surface area contributed by atoms with Crippen molar-refractivity contribution >= 4 is 17.3 Å². The van der Waals surface area contributed by atoms with Crippen molar-refractivity contribution in [2.24, 2.45) is 0 Å². The third-order valence-electron chi connectivity index (χ3n) is 3.13. The smallest absolute Gasteiger partial charge is 0.292 e. The molecule has 110 valence electrons. The zero-order chi connectivity index (χ0) is 14.8. The number of nitro benzene ring substituents is 1. The van der Waals surface area contributed by atoms with E-state index in [0.29, 0.717) is 6.42 Å². The molecular weight excluding hydrogens is 256 g/mol. The summed E-state index contributed by atoms with van der Waals surface area (Å²) in [5, 5.41) is 13.4. The molecule has 0 saturated carbocycles. The normalized spacial score (nSPS) is 10.2. The molecule has 5 nitrogen and oxygen atoms in total. The Morgan fingerprint density at radius 1 is 1.15 bits per heavy atom. The molecule has 0 aliphatic rings. The first-order valence-electron chi connectivity index (χ1n) is 7.18. The van der Waals surface area contributed by atoms with Crippen molar-refractivity contribution in [3.63, 3.8) is 0 Å². The van der Waals surface area contributed by atoms with Crippen LogP contribution < -0.4 is 5.32 Å². The van der Waals surface area contributed by atoms with Gasteiger partial charge < -0.3 is 5.32 Å². The van der Waals surface area contributed by atoms with Crippen LogP contribution in [0.1, 0.15) is 51.9 Å². The predicted molar refractivity (Wildman–Crippen MR) is 79.7 cm³/mol. The van der Waals surface area contributed by atoms with E-state index in [1.165, 1.54) is 25.3 Å². The number of anilines is 1. The topological polar surface area (TPSA) is 72.2 Å². The Morgan fingerprint density at radius 3 is 2.50 bits per heavy atom. The van der Waals surface area contributed by atoms with Gasteiger partial charge in [-0.2, -0.15) is 0 Å². The molecule has 0 saturated heterocycles. The highest BCUT2D eigenvalue weighted by atomic mass is 16.6. The molecule has 1 aromatic rings. The lowest BCUT2D eigenvalue weighted by Crippen LogP contribution is -2.12. The second-order valence-corrected chi connectivity index (χ2v) is 4.84. The maximum Gasteiger partial charge on any atom is 0.292 e. The van der Waals surface area contributed by atoms with Crippen LogP contribution in [0.5, 0.6) is 0 Å². The van der Waals surface area contributed by atoms with Crippen LogP contribution in [0, 0.1) is 10.1 Å². The van der Waals surface area contributed by atoms with Gasteiger partial charge in [0.1, 0.15) is 5.69 Å². The van der Waals surface area contributed by atoms with Crippen LogP contribution in [0.3, 0.4) is 0 Å². The molecule has 20 heavy (non-hydrogen) atoms. The van der Waals surface area contributed by atoms with Crippen molar-refractivity contribution in [2.45, 2.75) is 51.9 Å². The average Bonchev–Trinajstić information content (AvgIpc) is 2.43. The number of hydrogen-bond donors (Lipinski definition) is 1. The van der Waals surface area contributed by atoms with Gasteiger partial charge in [-0.1, -0.05) is 51.2 Å². The Balaban J connectivity index is 2.34. The molecule has 1 N–H and O–H groups in total. The van der Waals surface area contributed by atoms with Crippen LogP contribution in [0.4, 0.5) is 11.4 Å². The van der Waals surface area contributed by atoms with E-state index in [1.807, 2.05) is 0 Å². The Morgan fingerprint density at radius 2 is 1.80 bits per heavy atom. The number of carbonyl (C=O) groups is 1. The number of nitro groups is 1. The van der Waals surface area contributed by atoms with Crippen molar-refractivity contribution in [3.8, 4) is 0 Å². The summed E-state index contributed by atoms with van der Waals surface area (Å²) < 4.78 is 0. The van der Waals surface area contributed by atoms with E-state index in [4.69, 9.17) is 0 Å². The lowest BCUT2D eigenvalue weighted by atomic mass is 10.1. The van der Waals surface area contributed by atoms with Crippen molar-refractivity contribution < 1.29 is 9.72 Å². The fourth-order valence-corrected chi connectivity index (χ4v) is 2.02. The Bertz CT molecular complexity index is 446. The number of nitrogens with one attached hydrogen (secondary N) is 1. The van der Waals surface area contributed by atoms with Crippen molar-refractivity contribution in [1.29, 1.82) is 0 Å². The highest BCUT2D eigenvalue weighted by Crippen LogP contribution is 2.23. The van der Waals surface area contributed by atoms with Crippen molar-refractivity contribution in [2.75, 3.05) is 5.32 Å². The van der Waals surface area contributed by atoms with Gasteiger partial charge in [0.25, 0.3) is 5.69 Å². The Labute approximate surface area is 119 Å². The van der Waals surface area contributed by atoms with Gasteiger partial charge in [0.2, 0.25) is 5.91 Å². The number of rotatable bonds is 9. The summed E-state index contributed by atoms with van der Waals surface area (Å²) in [4.78, 5) is 22.1. The third-order valence-corrected chi connectivity index (χ3v) is 3.13. The van der Waals surface area contributed by atoms with Crippen molar-refractivity contribution in [3.05, 3.63) is 34.4 Å². The zero-order valence-corrected chi connectivity index (χ0v) is 11.9. The zero-order valence-electron chi connectivity index (χ0n) is 11.9. The van der Waals surface area contributed by atoms with Gasteiger partial charge in [0, 0.05) is 12.5 Å². The van der Waals surface area contributed by atoms with Gasteiger partial charge >= 0.3 is 0 Å². The SMILES string of the molecule is CCCCCCCCC(=O)Nc1ccccc1[N+](=O)[O-]. The molecule has 0 aliphatic heterocycles. The number of para-hydroxylation sites is 2. The van der Waals surface area contributed by atoms with E-state index in [9.17, 15) is 14.9 Å². The molecule has 1 amide bonds. The maximum atomic E-state index is 11.7. The van der Waals surface area contributed by atoms with Crippen LogP contribution in [-0.4, -0.2) is 10.8 Å².